The van der Waals surface area contributed by atoms with Crippen molar-refractivity contribution in [3.05, 3.63) is 11.6 Å². The summed E-state index contributed by atoms with van der Waals surface area (Å²) in [5, 5.41) is 70.8. The summed E-state index contributed by atoms with van der Waals surface area (Å²) >= 11 is 0. The van der Waals surface area contributed by atoms with Crippen molar-refractivity contribution in [1.29, 1.82) is 0 Å². The third-order valence-corrected chi connectivity index (χ3v) is 12.5. The Bertz CT molecular complexity index is 1320. The lowest BCUT2D eigenvalue weighted by atomic mass is 9.78. The highest BCUT2D eigenvalue weighted by Gasteiger charge is 2.48. The molecule has 3 heterocycles. The minimum atomic E-state index is -1.34. The van der Waals surface area contributed by atoms with E-state index in [0.717, 1.165) is 0 Å². The number of rotatable bonds is 13. The number of oxime groups is 1. The van der Waals surface area contributed by atoms with E-state index in [1.165, 1.54) is 28.4 Å². The Morgan fingerprint density at radius 3 is 2.05 bits per heavy atom. The van der Waals surface area contributed by atoms with Gasteiger partial charge in [0.05, 0.1) is 61.4 Å². The number of aliphatic hydroxyl groups excluding tert-OH is 5. The number of carbonyl (C=O) groups is 1. The van der Waals surface area contributed by atoms with Gasteiger partial charge < -0.3 is 78.3 Å². The molecular weight excluding hydrogens is 776 g/mol. The van der Waals surface area contributed by atoms with Crippen LogP contribution >= 0.6 is 0 Å². The number of aliphatic hydroxyl groups is 5. The van der Waals surface area contributed by atoms with E-state index in [0.29, 0.717) is 17.7 Å². The Hall–Kier alpha value is -1.88. The molecule has 0 aromatic rings. The molecule has 18 nitrogen and oxygen atoms in total. The second kappa shape index (κ2) is 24.1. The van der Waals surface area contributed by atoms with E-state index in [1.807, 2.05) is 6.92 Å². The zero-order chi connectivity index (χ0) is 44.3. The molecule has 0 spiro atoms. The summed E-state index contributed by atoms with van der Waals surface area (Å²) in [7, 11) is 9.35. The van der Waals surface area contributed by atoms with Crippen molar-refractivity contribution in [2.45, 2.75) is 166 Å². The molecule has 0 aromatic carbocycles. The summed E-state index contributed by atoms with van der Waals surface area (Å²) in [4.78, 5) is 15.5. The van der Waals surface area contributed by atoms with Crippen LogP contribution in [0, 0.1) is 23.7 Å². The predicted molar refractivity (Wildman–Crippen MR) is 213 cm³/mol. The van der Waals surface area contributed by atoms with Crippen LogP contribution in [-0.2, 0) is 47.4 Å². The Morgan fingerprint density at radius 2 is 1.49 bits per heavy atom. The highest BCUT2D eigenvalue weighted by atomic mass is 16.7. The average Bonchev–Trinajstić information content (AvgIpc) is 3.20. The van der Waals surface area contributed by atoms with Gasteiger partial charge in [0, 0.05) is 53.1 Å². The fourth-order valence-corrected chi connectivity index (χ4v) is 8.62. The van der Waals surface area contributed by atoms with Gasteiger partial charge in [-0.1, -0.05) is 32.0 Å². The fourth-order valence-electron chi connectivity index (χ4n) is 8.62. The summed E-state index contributed by atoms with van der Waals surface area (Å²) in [6.45, 7) is 10.3. The third kappa shape index (κ3) is 13.1. The largest absolute Gasteiger partial charge is 0.462 e. The molecule has 3 aliphatic rings. The molecule has 2 unspecified atom stereocenters. The maximum atomic E-state index is 13.8. The highest BCUT2D eigenvalue weighted by molar-refractivity contribution is 5.87. The number of ether oxygens (including phenoxy) is 9. The lowest BCUT2D eigenvalue weighted by Crippen LogP contribution is -2.63. The van der Waals surface area contributed by atoms with Crippen LogP contribution in [0.5, 0.6) is 0 Å². The summed E-state index contributed by atoms with van der Waals surface area (Å²) in [6, 6.07) is -0.740. The first-order valence-corrected chi connectivity index (χ1v) is 20.7. The lowest BCUT2D eigenvalue weighted by Gasteiger charge is -2.47. The lowest BCUT2D eigenvalue weighted by molar-refractivity contribution is -0.306. The number of esters is 1. The van der Waals surface area contributed by atoms with E-state index < -0.39 is 128 Å². The topological polar surface area (TPSA) is 237 Å². The molecule has 0 aromatic heterocycles. The Morgan fingerprint density at radius 1 is 0.881 bits per heavy atom. The van der Waals surface area contributed by atoms with E-state index >= 15 is 0 Å². The minimum Gasteiger partial charge on any atom is -0.462 e. The van der Waals surface area contributed by atoms with Gasteiger partial charge in [-0.2, -0.15) is 0 Å². The normalized spacial score (nSPS) is 42.8. The SMILES string of the molecule is CC[C@H]1OC(=O)C[C@@H](O)[C@H](C)[C@@H](O[C@@H]2O[C@H](C)[C@@H](O)[C@H](N(C)C)[C@H]2O)C(CC(OC)OC)C[C@@H](C)/C(=N\O)C/C=C(/C)C(O)[C@@H]1CO[C@@H]1O[C@H](C)[C@@H](O)[C@@H](OC)[C@H]1OC. The van der Waals surface area contributed by atoms with Gasteiger partial charge >= 0.3 is 5.97 Å². The summed E-state index contributed by atoms with van der Waals surface area (Å²) in [5.74, 6) is -3.27. The van der Waals surface area contributed by atoms with E-state index in [9.17, 15) is 35.5 Å². The molecule has 0 saturated carbocycles. The van der Waals surface area contributed by atoms with Crippen molar-refractivity contribution >= 4 is 11.7 Å². The summed E-state index contributed by atoms with van der Waals surface area (Å²) < 4.78 is 53.3. The average molecular weight is 851 g/mol. The van der Waals surface area contributed by atoms with E-state index in [4.69, 9.17) is 42.6 Å². The van der Waals surface area contributed by atoms with Crippen LogP contribution in [0.25, 0.3) is 0 Å². The molecule has 0 bridgehead atoms. The summed E-state index contributed by atoms with van der Waals surface area (Å²) in [6.07, 6.45) is -11.3. The first-order valence-electron chi connectivity index (χ1n) is 20.7. The number of nitrogens with zero attached hydrogens (tertiary/aromatic N) is 2. The van der Waals surface area contributed by atoms with Crippen molar-refractivity contribution in [3.8, 4) is 0 Å². The number of methoxy groups -OCH3 is 4. The Balaban J connectivity index is 2.07. The second-order valence-electron chi connectivity index (χ2n) is 16.6. The van der Waals surface area contributed by atoms with Crippen molar-refractivity contribution in [3.63, 3.8) is 0 Å². The molecule has 18 atom stereocenters. The quantitative estimate of drug-likeness (QED) is 0.0506. The maximum Gasteiger partial charge on any atom is 0.308 e. The van der Waals surface area contributed by atoms with Crippen LogP contribution in [0.15, 0.2) is 16.8 Å². The van der Waals surface area contributed by atoms with Gasteiger partial charge in [-0.3, -0.25) is 4.79 Å². The molecule has 344 valence electrons. The molecule has 18 heteroatoms. The zero-order valence-electron chi connectivity index (χ0n) is 36.9. The van der Waals surface area contributed by atoms with Crippen molar-refractivity contribution in [2.75, 3.05) is 49.1 Å². The highest BCUT2D eigenvalue weighted by Crippen LogP contribution is 2.36. The fraction of sp³-hybridized carbons (Fsp3) is 0.902. The Kier molecular flexibility index (Phi) is 21.0. The molecule has 0 radical (unpaired) electrons. The molecule has 3 rings (SSSR count). The Labute approximate surface area is 349 Å². The van der Waals surface area contributed by atoms with Crippen LogP contribution < -0.4 is 0 Å². The van der Waals surface area contributed by atoms with Gasteiger partial charge in [0.2, 0.25) is 0 Å². The second-order valence-corrected chi connectivity index (χ2v) is 16.6. The first kappa shape index (κ1) is 51.5. The summed E-state index contributed by atoms with van der Waals surface area (Å²) in [5.41, 5.74) is 0.897. The van der Waals surface area contributed by atoms with Gasteiger partial charge in [-0.05, 0) is 65.1 Å². The molecule has 6 N–H and O–H groups in total. The van der Waals surface area contributed by atoms with Crippen LogP contribution in [0.1, 0.15) is 73.6 Å². The van der Waals surface area contributed by atoms with Crippen LogP contribution in [0.3, 0.4) is 0 Å². The van der Waals surface area contributed by atoms with Crippen molar-refractivity contribution in [1.82, 2.24) is 4.90 Å². The van der Waals surface area contributed by atoms with E-state index in [1.54, 1.807) is 59.7 Å². The van der Waals surface area contributed by atoms with Gasteiger partial charge in [-0.25, -0.2) is 0 Å². The van der Waals surface area contributed by atoms with Crippen molar-refractivity contribution < 1.29 is 78.2 Å². The number of allylic oxidation sites excluding steroid dienone is 1. The predicted octanol–water partition coefficient (Wildman–Crippen LogP) is 1.44. The molecule has 0 amide bonds. The van der Waals surface area contributed by atoms with Crippen molar-refractivity contribution in [2.24, 2.45) is 28.8 Å². The molecule has 2 fully saturated rings. The molecule has 3 aliphatic heterocycles. The number of likely N-dealkylation sites (N-methyl/N-ethyl adjacent to an activating group) is 1. The first-order chi connectivity index (χ1) is 27.9. The maximum absolute atomic E-state index is 13.8. The molecular formula is C41H74N2O16. The minimum absolute atomic E-state index is 0.145. The zero-order valence-corrected chi connectivity index (χ0v) is 36.9. The molecule has 0 aliphatic carbocycles. The smallest absolute Gasteiger partial charge is 0.308 e. The molecule has 59 heavy (non-hydrogen) atoms. The third-order valence-electron chi connectivity index (χ3n) is 12.5. The van der Waals surface area contributed by atoms with Crippen LogP contribution in [-0.4, -0.2) is 189 Å². The van der Waals surface area contributed by atoms with Gasteiger partial charge in [0.1, 0.15) is 30.5 Å². The number of hydrogen-bond acceptors (Lipinski definition) is 18. The van der Waals surface area contributed by atoms with Gasteiger partial charge in [0.25, 0.3) is 0 Å². The monoisotopic (exact) mass is 851 g/mol. The van der Waals surface area contributed by atoms with Crippen LogP contribution in [0.4, 0.5) is 0 Å². The van der Waals surface area contributed by atoms with E-state index in [-0.39, 0.29) is 25.9 Å². The number of carbonyl (C=O) groups excluding carboxylic acids is 1. The van der Waals surface area contributed by atoms with E-state index in [2.05, 4.69) is 5.16 Å². The molecule has 2 saturated heterocycles. The standard InChI is InChI=1S/C41H74N2O16/c1-13-29-26(19-55-41-39(54-12)38(53-11)35(48)24(6)57-41)33(46)20(2)14-15-27(42-50)21(3)16-25(17-31(51-9)52-10)37(22(4)28(44)18-30(45)58-29)59-40-36(49)32(43(7)8)34(47)23(5)56-40/h14,21-26,28-29,31-41,44,46-50H,13,15-19H2,1-12H3/b20-14-,42-27-/t21-,22+,23-,24-,25?,26-,28-,29-,32+,33?,34-,35-,36-,37-,38-,39-,40+,41-/m1/s1. The van der Waals surface area contributed by atoms with Gasteiger partial charge in [-0.15, -0.1) is 0 Å². The van der Waals surface area contributed by atoms with Gasteiger partial charge in [0.15, 0.2) is 18.9 Å². The van der Waals surface area contributed by atoms with Crippen LogP contribution in [0.2, 0.25) is 0 Å². The number of cyclic esters (lactones) is 1. The number of hydrogen-bond donors (Lipinski definition) is 6.